The summed E-state index contributed by atoms with van der Waals surface area (Å²) in [6.45, 7) is 39.0. The molecule has 8 rings (SSSR count). The second-order valence-corrected chi connectivity index (χ2v) is 37.8. The number of aryl methyl sites for hydroxylation is 2. The van der Waals surface area contributed by atoms with E-state index in [-0.39, 0.29) is 61.9 Å². The first-order chi connectivity index (χ1) is 37.5. The summed E-state index contributed by atoms with van der Waals surface area (Å²) in [5.74, 6) is 4.75. The van der Waals surface area contributed by atoms with Gasteiger partial charge in [0.15, 0.2) is 0 Å². The fourth-order valence-corrected chi connectivity index (χ4v) is 24.7. The second-order valence-electron chi connectivity index (χ2n) is 29.3. The van der Waals surface area contributed by atoms with E-state index < -0.39 is 16.5 Å². The van der Waals surface area contributed by atoms with E-state index in [0.717, 1.165) is 53.6 Å². The van der Waals surface area contributed by atoms with Crippen molar-refractivity contribution in [3.8, 4) is 11.3 Å². The first-order valence-electron chi connectivity index (χ1n) is 30.8. The van der Waals surface area contributed by atoms with E-state index in [0.29, 0.717) is 16.4 Å². The zero-order valence-corrected chi connectivity index (χ0v) is 66.2. The van der Waals surface area contributed by atoms with Crippen molar-refractivity contribution < 1.29 is 43.4 Å². The van der Waals surface area contributed by atoms with E-state index in [1.807, 2.05) is 0 Å². The van der Waals surface area contributed by atoms with Gasteiger partial charge in [-0.15, -0.1) is 5.54 Å². The van der Waals surface area contributed by atoms with Gasteiger partial charge >= 0.3 is 43.4 Å². The van der Waals surface area contributed by atoms with Gasteiger partial charge in [-0.2, -0.15) is 98.7 Å². The number of hydrogen-bond donors (Lipinski definition) is 1. The molecule has 1 aromatic heterocycles. The second kappa shape index (κ2) is 41.8. The number of hydrogen-bond acceptors (Lipinski definition) is 2. The molecule has 1 saturated heterocycles. The zero-order chi connectivity index (χ0) is 63.1. The van der Waals surface area contributed by atoms with Gasteiger partial charge < -0.3 is 59.2 Å². The van der Waals surface area contributed by atoms with Crippen molar-refractivity contribution >= 4 is 27.4 Å². The molecule has 9 unspecified atom stereocenters. The van der Waals surface area contributed by atoms with Crippen molar-refractivity contribution in [2.45, 2.75) is 201 Å². The van der Waals surface area contributed by atoms with Crippen LogP contribution in [0.5, 0.6) is 0 Å². The molecule has 482 valence electrons. The third-order valence-corrected chi connectivity index (χ3v) is 23.1. The molecule has 0 amide bonds. The maximum Gasteiger partial charge on any atom is 4.00 e. The smallest absolute Gasteiger partial charge is 0.668 e. The Kier molecular flexibility index (Phi) is 44.7. The Morgan fingerprint density at radius 2 is 1.05 bits per heavy atom. The van der Waals surface area contributed by atoms with Crippen molar-refractivity contribution in [2.24, 2.45) is 47.5 Å². The molecule has 4 fully saturated rings. The Bertz CT molecular complexity index is 2150. The van der Waals surface area contributed by atoms with Crippen LogP contribution in [-0.4, -0.2) is 155 Å². The summed E-state index contributed by atoms with van der Waals surface area (Å²) in [6, 6.07) is 17.8. The summed E-state index contributed by atoms with van der Waals surface area (Å²) in [7, 11) is 25.6. The van der Waals surface area contributed by atoms with Crippen LogP contribution in [0.4, 0.5) is 0 Å². The largest absolute Gasteiger partial charge is 4.00 e. The van der Waals surface area contributed by atoms with E-state index in [4.69, 9.17) is 4.98 Å². The minimum Gasteiger partial charge on any atom is -0.668 e. The summed E-state index contributed by atoms with van der Waals surface area (Å²) in [5, 5.41) is 25.9. The Morgan fingerprint density at radius 3 is 1.51 bits per heavy atom. The molecule has 84 heavy (non-hydrogen) atoms. The molecule has 4 aliphatic carbocycles. The summed E-state index contributed by atoms with van der Waals surface area (Å²) < 4.78 is 2.42. The van der Waals surface area contributed by atoms with Gasteiger partial charge in [0, 0.05) is 46.7 Å². The third kappa shape index (κ3) is 27.1. The molecule has 3 saturated carbocycles. The van der Waals surface area contributed by atoms with Crippen molar-refractivity contribution in [3.63, 3.8) is 0 Å². The quantitative estimate of drug-likeness (QED) is 0.178. The minimum atomic E-state index is -1.89. The molecule has 11 nitrogen and oxygen atoms in total. The maximum absolute atomic E-state index is 5.86. The van der Waals surface area contributed by atoms with E-state index in [2.05, 4.69) is 217 Å². The van der Waals surface area contributed by atoms with Crippen molar-refractivity contribution in [1.29, 1.82) is 0 Å². The van der Waals surface area contributed by atoms with Crippen molar-refractivity contribution in [2.75, 3.05) is 106 Å². The molecule has 2 aromatic carbocycles. The SMILES string of the molecule is CC1CCC2C(C1)C1C(C3CCCCC3C1[Si](C)(C)[N-]C(C)(C)CC(C)(C)C)N2C.C[N-]C.C[N-]C.C[N-]C.C[N-]C.C[N-]C.C[N-]C.C[N-]C.Cc1ccc2c(c1)c1c(n2C)-c2ccccc2C1[Si](C)(C)NC(C)(C)CC(C)(C)C.[CH3-].[Ti+4].[Ti+4]. The van der Waals surface area contributed by atoms with Gasteiger partial charge in [-0.3, -0.25) is 4.90 Å². The van der Waals surface area contributed by atoms with Crippen LogP contribution in [0.1, 0.15) is 156 Å². The topological polar surface area (TPSA) is 133 Å². The molecule has 2 heterocycles. The Morgan fingerprint density at radius 1 is 0.595 bits per heavy atom. The molecule has 9 atom stereocenters. The van der Waals surface area contributed by atoms with Gasteiger partial charge in [0.1, 0.15) is 8.24 Å². The van der Waals surface area contributed by atoms with E-state index in [9.17, 15) is 0 Å². The predicted molar refractivity (Wildman–Crippen MR) is 380 cm³/mol. The summed E-state index contributed by atoms with van der Waals surface area (Å²) in [6.07, 6.45) is 12.7. The average Bonchev–Trinajstić information content (AvgIpc) is 4.02. The summed E-state index contributed by atoms with van der Waals surface area (Å²) in [5.41, 5.74) is 10.8. The van der Waals surface area contributed by atoms with E-state index in [1.165, 1.54) is 84.7 Å². The maximum atomic E-state index is 5.86. The van der Waals surface area contributed by atoms with Gasteiger partial charge in [0.25, 0.3) is 0 Å². The Hall–Kier alpha value is -0.558. The standard InChI is InChI=1S/C27H51N2Si.C27H38N2Si.7C2H6N.CH3.2Ti/c2*1-18-14-15-22-21(16-18)23-24(29(22)7)19-12-10-11-13-20(19)25(23)30(8,9)28-27(5,6)17-26(2,3)4;7*1-3-2;;;/h18-25H,10-17H2,1-9H3;10-16,25,28H,17H2,1-9H3;7*1-2H3;1H3;;/q-1;;8*-1;2*+4. The molecule has 0 spiro atoms. The van der Waals surface area contributed by atoms with Crippen LogP contribution in [0.15, 0.2) is 42.5 Å². The van der Waals surface area contributed by atoms with E-state index in [1.54, 1.807) is 104 Å². The number of rotatable bonds is 8. The van der Waals surface area contributed by atoms with Crippen LogP contribution in [0.3, 0.4) is 0 Å². The molecule has 0 radical (unpaired) electrons. The van der Waals surface area contributed by atoms with Crippen LogP contribution < -0.4 is 4.98 Å². The summed E-state index contributed by atoms with van der Waals surface area (Å²) >= 11 is 0. The summed E-state index contributed by atoms with van der Waals surface area (Å²) in [4.78, 5) is 13.0. The van der Waals surface area contributed by atoms with Crippen molar-refractivity contribution in [1.82, 2.24) is 14.4 Å². The van der Waals surface area contributed by atoms with Gasteiger partial charge in [-0.05, 0) is 124 Å². The number of nitrogens with zero attached hydrogens (tertiary/aromatic N) is 10. The normalized spacial score (nSPS) is 22.7. The van der Waals surface area contributed by atoms with Gasteiger partial charge in [-0.1, -0.05) is 164 Å². The van der Waals surface area contributed by atoms with Crippen molar-refractivity contribution in [3.05, 3.63) is 109 Å². The molecular weight excluding hydrogens is 1130 g/mol. The molecule has 3 aromatic rings. The van der Waals surface area contributed by atoms with E-state index >= 15 is 0 Å². The average molecular weight is 1270 g/mol. The number of fused-ring (bicyclic) bond motifs is 10. The molecule has 5 aliphatic rings. The number of likely N-dealkylation sites (tertiary alicyclic amines) is 1. The molecule has 15 heteroatoms. The molecule has 1 aliphatic heterocycles. The monoisotopic (exact) mass is 1270 g/mol. The van der Waals surface area contributed by atoms with Gasteiger partial charge in [-0.25, -0.2) is 0 Å². The molecular formula is C69H134N11Si2Ti2-. The van der Waals surface area contributed by atoms with Crippen LogP contribution in [0.2, 0.25) is 31.7 Å². The minimum absolute atomic E-state index is 0. The van der Waals surface area contributed by atoms with Crippen LogP contribution in [0, 0.1) is 54.8 Å². The fourth-order valence-electron chi connectivity index (χ4n) is 16.1. The van der Waals surface area contributed by atoms with Gasteiger partial charge in [0.05, 0.1) is 5.69 Å². The number of nitrogens with one attached hydrogen (secondary N) is 1. The third-order valence-electron chi connectivity index (χ3n) is 16.1. The first-order valence-corrected chi connectivity index (χ1v) is 36.9. The van der Waals surface area contributed by atoms with Crippen LogP contribution in [0.25, 0.3) is 64.4 Å². The van der Waals surface area contributed by atoms with Crippen LogP contribution >= 0.6 is 0 Å². The fraction of sp³-hybridized carbons (Fsp3) is 0.783. The zero-order valence-electron chi connectivity index (χ0n) is 61.1. The molecule has 1 N–H and O–H groups in total. The van der Waals surface area contributed by atoms with Gasteiger partial charge in [0.2, 0.25) is 0 Å². The van der Waals surface area contributed by atoms with Crippen LogP contribution in [-0.2, 0) is 50.5 Å². The predicted octanol–water partition coefficient (Wildman–Crippen LogP) is 19.6. The number of aromatic nitrogens is 1. The Labute approximate surface area is 555 Å². The number of benzene rings is 2. The first kappa shape index (κ1) is 89.9. The Balaban J connectivity index is -0.000000558. The molecule has 0 bridgehead atoms.